The number of rotatable bonds is 0. The predicted molar refractivity (Wildman–Crippen MR) is 67.1 cm³/mol. The Morgan fingerprint density at radius 1 is 0.950 bits per heavy atom. The summed E-state index contributed by atoms with van der Waals surface area (Å²) in [6.07, 6.45) is 0. The van der Waals surface area contributed by atoms with Gasteiger partial charge in [0.15, 0.2) is 11.3 Å². The van der Waals surface area contributed by atoms with Crippen LogP contribution in [0.3, 0.4) is 0 Å². The number of nitrogens with one attached hydrogen (secondary N) is 1. The van der Waals surface area contributed by atoms with Crippen LogP contribution in [-0.4, -0.2) is 10.1 Å². The molecule has 0 spiro atoms. The Morgan fingerprint density at radius 3 is 2.30 bits per heavy atom. The summed E-state index contributed by atoms with van der Waals surface area (Å²) in [5.74, 6) is -0.739. The van der Waals surface area contributed by atoms with Crippen molar-refractivity contribution in [2.45, 2.75) is 0 Å². The number of aromatic nitrogens is 1. The van der Waals surface area contributed by atoms with Gasteiger partial charge in [-0.2, -0.15) is 0 Å². The lowest BCUT2D eigenvalue weighted by Gasteiger charge is -1.97. The highest BCUT2D eigenvalue weighted by atomic mass is 16.4. The summed E-state index contributed by atoms with van der Waals surface area (Å²) in [6, 6.07) is 2.69. The lowest BCUT2D eigenvalue weighted by Crippen LogP contribution is -2.05. The first-order valence-corrected chi connectivity index (χ1v) is 5.34. The fourth-order valence-corrected chi connectivity index (χ4v) is 1.86. The van der Waals surface area contributed by atoms with Crippen LogP contribution in [0.25, 0.3) is 21.9 Å². The second-order valence-corrected chi connectivity index (χ2v) is 3.93. The molecule has 0 atom stereocenters. The Hall–Kier alpha value is -3.16. The normalized spacial score (nSPS) is 11.0. The van der Waals surface area contributed by atoms with E-state index in [1.807, 2.05) is 4.98 Å². The predicted octanol–water partition coefficient (Wildman–Crippen LogP) is -0.346. The number of aromatic amines is 1. The molecule has 8 nitrogen and oxygen atoms in total. The van der Waals surface area contributed by atoms with Gasteiger partial charge in [0.25, 0.3) is 11.1 Å². The zero-order valence-corrected chi connectivity index (χ0v) is 9.63. The van der Waals surface area contributed by atoms with Gasteiger partial charge in [0.2, 0.25) is 5.58 Å². The van der Waals surface area contributed by atoms with E-state index in [0.717, 1.165) is 18.2 Å². The van der Waals surface area contributed by atoms with Gasteiger partial charge in [-0.25, -0.2) is 9.59 Å². The molecule has 0 saturated carbocycles. The van der Waals surface area contributed by atoms with Crippen LogP contribution in [0.5, 0.6) is 5.75 Å². The molecule has 0 bridgehead atoms. The summed E-state index contributed by atoms with van der Waals surface area (Å²) in [4.78, 5) is 47.7. The Balaban J connectivity index is 2.76. The summed E-state index contributed by atoms with van der Waals surface area (Å²) in [6.45, 7) is 0. The van der Waals surface area contributed by atoms with Gasteiger partial charge in [0.1, 0.15) is 0 Å². The second kappa shape index (κ2) is 3.92. The molecule has 20 heavy (non-hydrogen) atoms. The third-order valence-corrected chi connectivity index (χ3v) is 2.69. The number of fused-ring (bicyclic) bond motifs is 2. The molecular formula is C12H5NO7. The zero-order valence-electron chi connectivity index (χ0n) is 9.63. The fraction of sp³-hybridized carbons (Fsp3) is 0. The van der Waals surface area contributed by atoms with Crippen LogP contribution in [0.2, 0.25) is 0 Å². The lowest BCUT2D eigenvalue weighted by atomic mass is 10.2. The van der Waals surface area contributed by atoms with Gasteiger partial charge < -0.3 is 13.9 Å². The van der Waals surface area contributed by atoms with Crippen molar-refractivity contribution >= 4 is 21.9 Å². The number of H-pyrrole nitrogens is 1. The SMILES string of the molecule is O=c1ccc(=O)oc2c(O)c3c(=O)[nH]c(=O)c3cc2o1. The van der Waals surface area contributed by atoms with Crippen molar-refractivity contribution in [2.75, 3.05) is 0 Å². The molecule has 3 rings (SSSR count). The van der Waals surface area contributed by atoms with Crippen molar-refractivity contribution in [2.24, 2.45) is 0 Å². The van der Waals surface area contributed by atoms with Gasteiger partial charge in [0, 0.05) is 12.1 Å². The van der Waals surface area contributed by atoms with Crippen LogP contribution >= 0.6 is 0 Å². The van der Waals surface area contributed by atoms with Crippen molar-refractivity contribution in [1.82, 2.24) is 4.98 Å². The molecule has 0 fully saturated rings. The van der Waals surface area contributed by atoms with Gasteiger partial charge >= 0.3 is 11.3 Å². The third kappa shape index (κ3) is 1.62. The summed E-state index contributed by atoms with van der Waals surface area (Å²) in [5, 5.41) is 9.46. The number of aromatic hydroxyl groups is 1. The highest BCUT2D eigenvalue weighted by Gasteiger charge is 2.17. The minimum atomic E-state index is -0.928. The fourth-order valence-electron chi connectivity index (χ4n) is 1.86. The summed E-state index contributed by atoms with van der Waals surface area (Å²) in [5.41, 5.74) is -4.20. The molecule has 0 aliphatic rings. The summed E-state index contributed by atoms with van der Waals surface area (Å²) < 4.78 is 9.60. The van der Waals surface area contributed by atoms with Crippen molar-refractivity contribution in [3.8, 4) is 5.75 Å². The van der Waals surface area contributed by atoms with E-state index in [0.29, 0.717) is 0 Å². The average molecular weight is 275 g/mol. The Morgan fingerprint density at radius 2 is 1.60 bits per heavy atom. The molecule has 3 aromatic rings. The monoisotopic (exact) mass is 275 g/mol. The van der Waals surface area contributed by atoms with E-state index < -0.39 is 33.7 Å². The number of hydrogen-bond donors (Lipinski definition) is 2. The van der Waals surface area contributed by atoms with Crippen LogP contribution in [-0.2, 0) is 0 Å². The Kier molecular flexibility index (Phi) is 2.33. The Bertz CT molecular complexity index is 1090. The van der Waals surface area contributed by atoms with E-state index >= 15 is 0 Å². The number of benzene rings is 1. The third-order valence-electron chi connectivity index (χ3n) is 2.69. The lowest BCUT2D eigenvalue weighted by molar-refractivity contribution is 0.455. The minimum absolute atomic E-state index is 0.167. The van der Waals surface area contributed by atoms with E-state index in [1.165, 1.54) is 0 Å². The molecule has 2 N–H and O–H groups in total. The molecular weight excluding hydrogens is 270 g/mol. The van der Waals surface area contributed by atoms with Gasteiger partial charge in [0.05, 0.1) is 10.8 Å². The summed E-state index contributed by atoms with van der Waals surface area (Å²) in [7, 11) is 0. The van der Waals surface area contributed by atoms with Crippen LogP contribution < -0.4 is 22.4 Å². The second-order valence-electron chi connectivity index (χ2n) is 3.93. The maximum Gasteiger partial charge on any atom is 0.336 e. The Labute approximate surface area is 107 Å². The van der Waals surface area contributed by atoms with Gasteiger partial charge in [-0.15, -0.1) is 0 Å². The molecule has 8 heteroatoms. The van der Waals surface area contributed by atoms with E-state index in [9.17, 15) is 24.3 Å². The van der Waals surface area contributed by atoms with E-state index in [1.54, 1.807) is 0 Å². The van der Waals surface area contributed by atoms with Crippen LogP contribution in [0.4, 0.5) is 0 Å². The standard InChI is InChI=1S/C12H5NO7/c14-6-1-2-7(15)20-10-5(19-6)3-4-8(9(10)16)12(18)13-11(4)17/h1-3,16H,(H,13,17,18). The van der Waals surface area contributed by atoms with Gasteiger partial charge in [-0.05, 0) is 6.07 Å². The van der Waals surface area contributed by atoms with Crippen molar-refractivity contribution in [1.29, 1.82) is 0 Å². The van der Waals surface area contributed by atoms with Crippen molar-refractivity contribution < 1.29 is 13.9 Å². The average Bonchev–Trinajstić information content (AvgIpc) is 2.65. The molecule has 100 valence electrons. The first-order chi connectivity index (χ1) is 9.47. The van der Waals surface area contributed by atoms with Crippen LogP contribution in [0, 0.1) is 0 Å². The van der Waals surface area contributed by atoms with E-state index in [2.05, 4.69) is 0 Å². The number of phenols is 1. The quantitative estimate of drug-likeness (QED) is 0.573. The molecule has 0 aliphatic carbocycles. The molecule has 0 aliphatic heterocycles. The maximum absolute atomic E-state index is 11.5. The molecule has 0 saturated heterocycles. The van der Waals surface area contributed by atoms with Gasteiger partial charge in [-0.1, -0.05) is 0 Å². The van der Waals surface area contributed by atoms with Crippen LogP contribution in [0.1, 0.15) is 0 Å². The number of hydrogen-bond acceptors (Lipinski definition) is 7. The molecule has 1 aromatic carbocycles. The number of phenolic OH excluding ortho intramolecular Hbond substituents is 1. The molecule has 2 heterocycles. The maximum atomic E-state index is 11.5. The minimum Gasteiger partial charge on any atom is -0.504 e. The van der Waals surface area contributed by atoms with Crippen molar-refractivity contribution in [3.63, 3.8) is 0 Å². The molecule has 0 amide bonds. The van der Waals surface area contributed by atoms with E-state index in [-0.39, 0.29) is 16.4 Å². The molecule has 2 aromatic heterocycles. The van der Waals surface area contributed by atoms with Crippen molar-refractivity contribution in [3.05, 3.63) is 59.7 Å². The first-order valence-electron chi connectivity index (χ1n) is 5.34. The molecule has 0 radical (unpaired) electrons. The highest BCUT2D eigenvalue weighted by molar-refractivity contribution is 5.99. The summed E-state index contributed by atoms with van der Waals surface area (Å²) >= 11 is 0. The largest absolute Gasteiger partial charge is 0.504 e. The molecule has 0 unspecified atom stereocenters. The van der Waals surface area contributed by atoms with E-state index in [4.69, 9.17) is 8.83 Å². The van der Waals surface area contributed by atoms with Gasteiger partial charge in [-0.3, -0.25) is 14.6 Å². The zero-order chi connectivity index (χ0) is 14.4. The topological polar surface area (TPSA) is 131 Å². The van der Waals surface area contributed by atoms with Crippen LogP contribution in [0.15, 0.2) is 46.2 Å². The highest BCUT2D eigenvalue weighted by Crippen LogP contribution is 2.28. The smallest absolute Gasteiger partial charge is 0.336 e. The first kappa shape index (κ1) is 11.9.